The minimum Gasteiger partial charge on any atom is -0.478 e. The number of benzene rings is 1. The first-order valence-electron chi connectivity index (χ1n) is 11.7. The highest BCUT2D eigenvalue weighted by Crippen LogP contribution is 2.46. The second kappa shape index (κ2) is 10.1. The monoisotopic (exact) mass is 511 g/mol. The van der Waals surface area contributed by atoms with Crippen molar-refractivity contribution in [1.29, 1.82) is 0 Å². The van der Waals surface area contributed by atoms with E-state index in [0.717, 1.165) is 41.9 Å². The Morgan fingerprint density at radius 1 is 1.25 bits per heavy atom. The van der Waals surface area contributed by atoms with Crippen LogP contribution in [-0.4, -0.2) is 50.2 Å². The van der Waals surface area contributed by atoms with Gasteiger partial charge in [0.2, 0.25) is 15.7 Å². The first kappa shape index (κ1) is 25.4. The maximum absolute atomic E-state index is 12.9. The molecule has 190 valence electrons. The third-order valence-corrected chi connectivity index (χ3v) is 7.26. The molecule has 3 aromatic rings. The lowest BCUT2D eigenvalue weighted by molar-refractivity contribution is -0.131. The number of anilines is 1. The molecule has 0 aliphatic heterocycles. The fourth-order valence-electron chi connectivity index (χ4n) is 4.15. The van der Waals surface area contributed by atoms with Crippen molar-refractivity contribution in [3.63, 3.8) is 0 Å². The number of carbonyl (C=O) groups excluding carboxylic acids is 1. The number of pyridine rings is 1. The fraction of sp³-hybridized carbons (Fsp3) is 0.346. The molecule has 2 aromatic heterocycles. The van der Waals surface area contributed by atoms with Gasteiger partial charge in [0.05, 0.1) is 17.2 Å². The Kier molecular flexibility index (Phi) is 7.16. The molecule has 1 aliphatic rings. The number of nitrogens with zero attached hydrogens (tertiary/aromatic N) is 2. The van der Waals surface area contributed by atoms with Gasteiger partial charge in [0.15, 0.2) is 0 Å². The van der Waals surface area contributed by atoms with Gasteiger partial charge in [-0.1, -0.05) is 35.9 Å². The molecule has 0 unspecified atom stereocenters. The van der Waals surface area contributed by atoms with Crippen LogP contribution in [0.25, 0.3) is 22.4 Å². The van der Waals surface area contributed by atoms with Gasteiger partial charge in [0, 0.05) is 25.2 Å². The number of allylic oxidation sites excluding steroid dienone is 1. The summed E-state index contributed by atoms with van der Waals surface area (Å²) in [6.07, 6.45) is 6.28. The Balaban J connectivity index is 1.84. The van der Waals surface area contributed by atoms with Crippen LogP contribution in [0.2, 0.25) is 0 Å². The lowest BCUT2D eigenvalue weighted by atomic mass is 10.0. The molecular weight excluding hydrogens is 482 g/mol. The van der Waals surface area contributed by atoms with Crippen molar-refractivity contribution in [3.05, 3.63) is 59.2 Å². The molecule has 0 spiro atoms. The zero-order valence-electron chi connectivity index (χ0n) is 20.4. The normalized spacial score (nSPS) is 13.9. The quantitative estimate of drug-likeness (QED) is 0.308. The Labute approximate surface area is 209 Å². The van der Waals surface area contributed by atoms with E-state index in [2.05, 4.69) is 10.3 Å². The van der Waals surface area contributed by atoms with Crippen LogP contribution in [0, 0.1) is 6.92 Å². The molecule has 2 N–H and O–H groups in total. The minimum atomic E-state index is -3.69. The summed E-state index contributed by atoms with van der Waals surface area (Å²) in [7, 11) is -2.14. The van der Waals surface area contributed by atoms with Crippen molar-refractivity contribution in [2.45, 2.75) is 38.5 Å². The molecule has 1 aliphatic carbocycles. The first-order chi connectivity index (χ1) is 17.1. The average Bonchev–Trinajstić information content (AvgIpc) is 3.60. The SMILES string of the molecule is CNC(=O)c1c(-c2ccc(C)cc2)oc2nc(N(CCCC=CC(=O)O)S(C)(=O)=O)c(C3CC3)cc12. The maximum atomic E-state index is 12.9. The number of carboxylic acid groups (broad SMARTS) is 1. The fourth-order valence-corrected chi connectivity index (χ4v) is 5.07. The predicted octanol–water partition coefficient (Wildman–Crippen LogP) is 4.23. The van der Waals surface area contributed by atoms with Gasteiger partial charge < -0.3 is 14.8 Å². The summed E-state index contributed by atoms with van der Waals surface area (Å²) >= 11 is 0. The number of sulfonamides is 1. The highest BCUT2D eigenvalue weighted by molar-refractivity contribution is 7.92. The molecule has 0 bridgehead atoms. The lowest BCUT2D eigenvalue weighted by Crippen LogP contribution is -2.32. The number of nitrogens with one attached hydrogen (secondary N) is 1. The van der Waals surface area contributed by atoms with Crippen molar-refractivity contribution in [1.82, 2.24) is 10.3 Å². The highest BCUT2D eigenvalue weighted by Gasteiger charge is 2.34. The standard InChI is InChI=1S/C26H29N3O6S/c1-16-8-10-18(11-9-16)23-22(25(32)27-2)20-15-19(17-12-13-17)24(28-26(20)35-23)29(36(3,33)34)14-6-4-5-7-21(30)31/h5,7-11,15,17H,4,6,12-14H2,1-3H3,(H,27,32)(H,30,31). The third-order valence-electron chi connectivity index (χ3n) is 6.11. The summed E-state index contributed by atoms with van der Waals surface area (Å²) in [4.78, 5) is 28.3. The zero-order chi connectivity index (χ0) is 26.0. The van der Waals surface area contributed by atoms with Crippen LogP contribution in [0.1, 0.15) is 53.1 Å². The number of furan rings is 1. The van der Waals surface area contributed by atoms with Crippen molar-refractivity contribution in [2.75, 3.05) is 24.2 Å². The van der Waals surface area contributed by atoms with Gasteiger partial charge >= 0.3 is 5.97 Å². The Morgan fingerprint density at radius 3 is 2.53 bits per heavy atom. The summed E-state index contributed by atoms with van der Waals surface area (Å²) in [5.41, 5.74) is 3.09. The van der Waals surface area contributed by atoms with E-state index in [1.54, 1.807) is 7.05 Å². The number of hydrogen-bond donors (Lipinski definition) is 2. The molecule has 1 saturated carbocycles. The van der Waals surface area contributed by atoms with Gasteiger partial charge in [-0.05, 0) is 50.2 Å². The Hall–Kier alpha value is -3.66. The van der Waals surface area contributed by atoms with Crippen LogP contribution in [-0.2, 0) is 14.8 Å². The van der Waals surface area contributed by atoms with Crippen LogP contribution < -0.4 is 9.62 Å². The predicted molar refractivity (Wildman–Crippen MR) is 138 cm³/mol. The molecule has 36 heavy (non-hydrogen) atoms. The van der Waals surface area contributed by atoms with E-state index in [9.17, 15) is 18.0 Å². The smallest absolute Gasteiger partial charge is 0.327 e. The van der Waals surface area contributed by atoms with Crippen molar-refractivity contribution >= 4 is 38.8 Å². The number of aromatic nitrogens is 1. The van der Waals surface area contributed by atoms with Gasteiger partial charge in [0.25, 0.3) is 5.91 Å². The van der Waals surface area contributed by atoms with Crippen LogP contribution in [0.3, 0.4) is 0 Å². The molecule has 1 fully saturated rings. The number of amides is 1. The van der Waals surface area contributed by atoms with Gasteiger partial charge in [-0.2, -0.15) is 4.98 Å². The number of carbonyl (C=O) groups is 2. The highest BCUT2D eigenvalue weighted by atomic mass is 32.2. The summed E-state index contributed by atoms with van der Waals surface area (Å²) in [6.45, 7) is 2.10. The molecule has 4 rings (SSSR count). The molecule has 0 saturated heterocycles. The molecule has 0 radical (unpaired) electrons. The van der Waals surface area contributed by atoms with Crippen molar-refractivity contribution < 1.29 is 27.5 Å². The third kappa shape index (κ3) is 5.43. The molecular formula is C26H29N3O6S. The molecule has 0 atom stereocenters. The van der Waals surface area contributed by atoms with Gasteiger partial charge in [0.1, 0.15) is 11.6 Å². The van der Waals surface area contributed by atoms with Gasteiger partial charge in [-0.3, -0.25) is 9.10 Å². The van der Waals surface area contributed by atoms with E-state index in [1.165, 1.54) is 10.4 Å². The number of carboxylic acids is 1. The summed E-state index contributed by atoms with van der Waals surface area (Å²) in [6, 6.07) is 9.43. The number of rotatable bonds is 10. The number of aliphatic carboxylic acids is 1. The molecule has 2 heterocycles. The second-order valence-electron chi connectivity index (χ2n) is 9.00. The van der Waals surface area contributed by atoms with Gasteiger partial charge in [-0.25, -0.2) is 13.2 Å². The zero-order valence-corrected chi connectivity index (χ0v) is 21.3. The molecule has 9 nitrogen and oxygen atoms in total. The van der Waals surface area contributed by atoms with Gasteiger partial charge in [-0.15, -0.1) is 0 Å². The van der Waals surface area contributed by atoms with E-state index < -0.39 is 16.0 Å². The van der Waals surface area contributed by atoms with E-state index >= 15 is 0 Å². The summed E-state index contributed by atoms with van der Waals surface area (Å²) in [5.74, 6) is -0.552. The van der Waals surface area contributed by atoms with E-state index in [0.29, 0.717) is 35.4 Å². The molecule has 10 heteroatoms. The molecule has 1 aromatic carbocycles. The van der Waals surface area contributed by atoms with Crippen molar-refractivity contribution in [3.8, 4) is 11.3 Å². The van der Waals surface area contributed by atoms with E-state index in [1.807, 2.05) is 37.3 Å². The first-order valence-corrected chi connectivity index (χ1v) is 13.6. The van der Waals surface area contributed by atoms with E-state index in [4.69, 9.17) is 9.52 Å². The number of fused-ring (bicyclic) bond motifs is 1. The number of aryl methyl sites for hydroxylation is 1. The maximum Gasteiger partial charge on any atom is 0.327 e. The Bertz CT molecular complexity index is 1440. The van der Waals surface area contributed by atoms with Crippen LogP contribution >= 0.6 is 0 Å². The topological polar surface area (TPSA) is 130 Å². The largest absolute Gasteiger partial charge is 0.478 e. The Morgan fingerprint density at radius 2 is 1.94 bits per heavy atom. The van der Waals surface area contributed by atoms with Crippen LogP contribution in [0.4, 0.5) is 5.82 Å². The van der Waals surface area contributed by atoms with Crippen LogP contribution in [0.15, 0.2) is 46.9 Å². The number of unbranched alkanes of at least 4 members (excludes halogenated alkanes) is 1. The number of hydrogen-bond acceptors (Lipinski definition) is 6. The summed E-state index contributed by atoms with van der Waals surface area (Å²) < 4.78 is 32.9. The average molecular weight is 512 g/mol. The second-order valence-corrected chi connectivity index (χ2v) is 10.9. The van der Waals surface area contributed by atoms with Crippen LogP contribution in [0.5, 0.6) is 0 Å². The molecule has 1 amide bonds. The lowest BCUT2D eigenvalue weighted by Gasteiger charge is -2.23. The van der Waals surface area contributed by atoms with E-state index in [-0.39, 0.29) is 24.1 Å². The minimum absolute atomic E-state index is 0.134. The summed E-state index contributed by atoms with van der Waals surface area (Å²) in [5, 5.41) is 12.0. The van der Waals surface area contributed by atoms with Crippen molar-refractivity contribution in [2.24, 2.45) is 0 Å².